The molecule has 0 aliphatic rings. The fourth-order valence-corrected chi connectivity index (χ4v) is 6.40. The molecule has 0 aromatic rings. The van der Waals surface area contributed by atoms with E-state index in [1.54, 1.807) is 0 Å². The lowest BCUT2D eigenvalue weighted by Crippen LogP contribution is -2.39. The number of ether oxygens (including phenoxy) is 2. The molecule has 0 bridgehead atoms. The van der Waals surface area contributed by atoms with Crippen LogP contribution in [0.25, 0.3) is 0 Å². The summed E-state index contributed by atoms with van der Waals surface area (Å²) in [4.78, 5) is 26.6. The molecular weight excluding hydrogens is 618 g/mol. The highest BCUT2D eigenvalue weighted by Gasteiger charge is 2.17. The van der Waals surface area contributed by atoms with E-state index in [2.05, 4.69) is 20.8 Å². The van der Waals surface area contributed by atoms with E-state index in [0.29, 0.717) is 58.3 Å². The molecule has 49 heavy (non-hydrogen) atoms. The van der Waals surface area contributed by atoms with E-state index in [4.69, 9.17) is 9.47 Å². The average Bonchev–Trinajstić information content (AvgIpc) is 3.08. The summed E-state index contributed by atoms with van der Waals surface area (Å²) in [6, 6.07) is 0. The molecule has 0 heterocycles. The Labute approximate surface area is 302 Å². The van der Waals surface area contributed by atoms with Crippen molar-refractivity contribution in [1.82, 2.24) is 4.90 Å². The van der Waals surface area contributed by atoms with Crippen molar-refractivity contribution < 1.29 is 34.4 Å². The predicted octanol–water partition coefficient (Wildman–Crippen LogP) is 9.44. The van der Waals surface area contributed by atoms with Gasteiger partial charge in [0.2, 0.25) is 0 Å². The number of hydrogen-bond donors (Lipinski definition) is 3. The van der Waals surface area contributed by atoms with Crippen LogP contribution in [-0.4, -0.2) is 83.3 Å². The third kappa shape index (κ3) is 33.7. The van der Waals surface area contributed by atoms with Crippen LogP contribution >= 0.6 is 0 Å². The van der Waals surface area contributed by atoms with Gasteiger partial charge in [0.05, 0.1) is 18.8 Å². The lowest BCUT2D eigenvalue weighted by atomic mass is 10.0. The monoisotopic (exact) mass is 700 g/mol. The molecule has 2 atom stereocenters. The standard InChI is InChI=1S/C41H81NO7/c1-4-7-10-12-14-20-28-39(29-21-15-13-11-8-5-2)49-41(47)31-23-17-19-27-38(45)36-42(32-25-33-43)35-37(44)26-18-16-22-30-40(46)48-34-24-9-6-3/h37-39,43-45H,4-36H2,1-3H3. The Morgan fingerprint density at radius 1 is 0.531 bits per heavy atom. The second kappa shape index (κ2) is 36.6. The normalized spacial score (nSPS) is 12.9. The van der Waals surface area contributed by atoms with Crippen molar-refractivity contribution in [3.05, 3.63) is 0 Å². The largest absolute Gasteiger partial charge is 0.466 e. The summed E-state index contributed by atoms with van der Waals surface area (Å²) in [6.07, 6.45) is 26.8. The molecule has 292 valence electrons. The lowest BCUT2D eigenvalue weighted by molar-refractivity contribution is -0.150. The van der Waals surface area contributed by atoms with E-state index >= 15 is 0 Å². The Morgan fingerprint density at radius 3 is 1.47 bits per heavy atom. The molecule has 8 nitrogen and oxygen atoms in total. The smallest absolute Gasteiger partial charge is 0.306 e. The average molecular weight is 700 g/mol. The molecule has 0 saturated carbocycles. The molecule has 0 radical (unpaired) electrons. The minimum atomic E-state index is -0.514. The quantitative estimate of drug-likeness (QED) is 0.0431. The molecule has 0 amide bonds. The molecule has 0 rings (SSSR count). The second-order valence-corrected chi connectivity index (χ2v) is 14.5. The zero-order valence-electron chi connectivity index (χ0n) is 32.5. The van der Waals surface area contributed by atoms with Gasteiger partial charge in [0.1, 0.15) is 6.10 Å². The van der Waals surface area contributed by atoms with Gasteiger partial charge >= 0.3 is 11.9 Å². The van der Waals surface area contributed by atoms with E-state index < -0.39 is 12.2 Å². The van der Waals surface area contributed by atoms with E-state index in [1.807, 2.05) is 4.90 Å². The van der Waals surface area contributed by atoms with Gasteiger partial charge in [0.15, 0.2) is 0 Å². The van der Waals surface area contributed by atoms with E-state index in [1.165, 1.54) is 64.2 Å². The maximum Gasteiger partial charge on any atom is 0.306 e. The Balaban J connectivity index is 4.32. The van der Waals surface area contributed by atoms with Crippen molar-refractivity contribution in [1.29, 1.82) is 0 Å². The van der Waals surface area contributed by atoms with Crippen molar-refractivity contribution in [2.45, 2.75) is 219 Å². The highest BCUT2D eigenvalue weighted by Crippen LogP contribution is 2.18. The van der Waals surface area contributed by atoms with Crippen molar-refractivity contribution >= 4 is 11.9 Å². The van der Waals surface area contributed by atoms with E-state index in [9.17, 15) is 24.9 Å². The molecule has 0 aromatic heterocycles. The third-order valence-electron chi connectivity index (χ3n) is 9.48. The van der Waals surface area contributed by atoms with Gasteiger partial charge < -0.3 is 24.8 Å². The van der Waals surface area contributed by atoms with E-state index in [0.717, 1.165) is 83.5 Å². The van der Waals surface area contributed by atoms with Crippen molar-refractivity contribution in [2.75, 3.05) is 32.8 Å². The fourth-order valence-electron chi connectivity index (χ4n) is 6.40. The van der Waals surface area contributed by atoms with Gasteiger partial charge in [-0.1, -0.05) is 124 Å². The van der Waals surface area contributed by atoms with E-state index in [-0.39, 0.29) is 24.6 Å². The first kappa shape index (κ1) is 47.8. The van der Waals surface area contributed by atoms with Gasteiger partial charge in [0.25, 0.3) is 0 Å². The second-order valence-electron chi connectivity index (χ2n) is 14.5. The third-order valence-corrected chi connectivity index (χ3v) is 9.48. The molecule has 0 aromatic carbocycles. The maximum atomic E-state index is 12.7. The topological polar surface area (TPSA) is 117 Å². The fraction of sp³-hybridized carbons (Fsp3) is 0.951. The van der Waals surface area contributed by atoms with Crippen molar-refractivity contribution in [3.63, 3.8) is 0 Å². The highest BCUT2D eigenvalue weighted by molar-refractivity contribution is 5.69. The number of nitrogens with zero attached hydrogens (tertiary/aromatic N) is 1. The summed E-state index contributed by atoms with van der Waals surface area (Å²) < 4.78 is 11.2. The molecule has 3 N–H and O–H groups in total. The lowest BCUT2D eigenvalue weighted by Gasteiger charge is -2.27. The van der Waals surface area contributed by atoms with Crippen LogP contribution in [-0.2, 0) is 19.1 Å². The van der Waals surface area contributed by atoms with Crippen molar-refractivity contribution in [3.8, 4) is 0 Å². The number of carbonyl (C=O) groups is 2. The van der Waals surface area contributed by atoms with Crippen LogP contribution in [0.2, 0.25) is 0 Å². The van der Waals surface area contributed by atoms with Gasteiger partial charge in [-0.2, -0.15) is 0 Å². The minimum Gasteiger partial charge on any atom is -0.466 e. The Hall–Kier alpha value is -1.22. The number of aliphatic hydroxyl groups is 3. The molecule has 0 aliphatic heterocycles. The Morgan fingerprint density at radius 2 is 0.959 bits per heavy atom. The first-order valence-corrected chi connectivity index (χ1v) is 20.9. The summed E-state index contributed by atoms with van der Waals surface area (Å²) in [5.74, 6) is -0.207. The first-order valence-electron chi connectivity index (χ1n) is 20.9. The van der Waals surface area contributed by atoms with Crippen LogP contribution in [0, 0.1) is 0 Å². The van der Waals surface area contributed by atoms with Gasteiger partial charge in [-0.15, -0.1) is 0 Å². The van der Waals surface area contributed by atoms with Gasteiger partial charge in [-0.3, -0.25) is 14.5 Å². The summed E-state index contributed by atoms with van der Waals surface area (Å²) in [7, 11) is 0. The summed E-state index contributed by atoms with van der Waals surface area (Å²) in [5.41, 5.74) is 0. The SMILES string of the molecule is CCCCCCCCC(CCCCCCCC)OC(=O)CCCCCC(O)CN(CCCO)CC(O)CCCCCC(=O)OCCCCC. The zero-order chi connectivity index (χ0) is 36.2. The highest BCUT2D eigenvalue weighted by atomic mass is 16.5. The van der Waals surface area contributed by atoms with Crippen LogP contribution in [0.1, 0.15) is 201 Å². The molecule has 0 spiro atoms. The number of aliphatic hydroxyl groups excluding tert-OH is 3. The molecule has 0 fully saturated rings. The number of rotatable bonds is 38. The van der Waals surface area contributed by atoms with Crippen LogP contribution in [0.3, 0.4) is 0 Å². The van der Waals surface area contributed by atoms with Crippen LogP contribution in [0.4, 0.5) is 0 Å². The van der Waals surface area contributed by atoms with Gasteiger partial charge in [-0.05, 0) is 64.2 Å². The molecule has 0 aliphatic carbocycles. The zero-order valence-corrected chi connectivity index (χ0v) is 32.5. The number of unbranched alkanes of at least 4 members (excludes halogenated alkanes) is 16. The first-order chi connectivity index (χ1) is 23.9. The Kier molecular flexibility index (Phi) is 35.7. The number of esters is 2. The summed E-state index contributed by atoms with van der Waals surface area (Å²) in [5, 5.41) is 30.7. The Bertz CT molecular complexity index is 706. The molecule has 2 unspecified atom stereocenters. The van der Waals surface area contributed by atoms with Gasteiger partial charge in [0, 0.05) is 39.1 Å². The van der Waals surface area contributed by atoms with Crippen molar-refractivity contribution in [2.24, 2.45) is 0 Å². The minimum absolute atomic E-state index is 0.0517. The number of carbonyl (C=O) groups excluding carboxylic acids is 2. The summed E-state index contributed by atoms with van der Waals surface area (Å²) >= 11 is 0. The molecule has 8 heteroatoms. The maximum absolute atomic E-state index is 12.7. The van der Waals surface area contributed by atoms with Crippen LogP contribution < -0.4 is 0 Å². The number of hydrogen-bond acceptors (Lipinski definition) is 8. The molecule has 0 saturated heterocycles. The summed E-state index contributed by atoms with van der Waals surface area (Å²) in [6.45, 7) is 8.73. The predicted molar refractivity (Wildman–Crippen MR) is 203 cm³/mol. The van der Waals surface area contributed by atoms with Crippen LogP contribution in [0.15, 0.2) is 0 Å². The molecular formula is C41H81NO7. The van der Waals surface area contributed by atoms with Gasteiger partial charge in [-0.25, -0.2) is 0 Å². The van der Waals surface area contributed by atoms with Crippen LogP contribution in [0.5, 0.6) is 0 Å².